The Hall–Kier alpha value is -1.28. The van der Waals surface area contributed by atoms with E-state index in [9.17, 15) is 4.79 Å². The summed E-state index contributed by atoms with van der Waals surface area (Å²) in [5.74, 6) is 2.52. The fourth-order valence-corrected chi connectivity index (χ4v) is 5.25. The SMILES string of the molecule is O=C(O)CCc1ccc(C2CCC([C@H]3CC[C@H](/C=C/Cl)CC3)CC2)cc1. The minimum absolute atomic E-state index is 0.216. The Labute approximate surface area is 162 Å². The van der Waals surface area contributed by atoms with Crippen molar-refractivity contribution in [2.45, 2.75) is 70.1 Å². The standard InChI is InChI=1S/C23H31ClO2/c24-16-15-18-3-8-20(9-4-18)22-12-10-21(11-13-22)19-6-1-17(2-7-19)5-14-23(25)26/h1-2,6-7,15-16,18,20-22H,3-5,8-14H2,(H,25,26)/b16-15+/t18-,20-,21?,22?. The maximum Gasteiger partial charge on any atom is 0.303 e. The summed E-state index contributed by atoms with van der Waals surface area (Å²) in [5, 5.41) is 8.80. The van der Waals surface area contributed by atoms with Gasteiger partial charge in [0.2, 0.25) is 0 Å². The summed E-state index contributed by atoms with van der Waals surface area (Å²) in [4.78, 5) is 10.7. The Morgan fingerprint density at radius 2 is 1.54 bits per heavy atom. The largest absolute Gasteiger partial charge is 0.481 e. The van der Waals surface area contributed by atoms with Crippen LogP contribution in [0.3, 0.4) is 0 Å². The van der Waals surface area contributed by atoms with Crippen LogP contribution in [0.1, 0.15) is 74.8 Å². The molecule has 3 rings (SSSR count). The number of hydrogen-bond acceptors (Lipinski definition) is 1. The number of halogens is 1. The third kappa shape index (κ3) is 5.36. The highest BCUT2D eigenvalue weighted by molar-refractivity contribution is 6.25. The first-order valence-electron chi connectivity index (χ1n) is 10.2. The van der Waals surface area contributed by atoms with Gasteiger partial charge in [-0.05, 0) is 92.6 Å². The molecule has 2 aliphatic rings. The monoisotopic (exact) mass is 374 g/mol. The van der Waals surface area contributed by atoms with E-state index >= 15 is 0 Å². The number of allylic oxidation sites excluding steroid dienone is 1. The lowest BCUT2D eigenvalue weighted by Crippen LogP contribution is -2.25. The summed E-state index contributed by atoms with van der Waals surface area (Å²) in [6, 6.07) is 8.70. The Morgan fingerprint density at radius 1 is 0.962 bits per heavy atom. The third-order valence-corrected chi connectivity index (χ3v) is 6.82. The van der Waals surface area contributed by atoms with Gasteiger partial charge in [0.1, 0.15) is 0 Å². The van der Waals surface area contributed by atoms with Gasteiger partial charge in [-0.3, -0.25) is 4.79 Å². The van der Waals surface area contributed by atoms with Crippen LogP contribution >= 0.6 is 11.6 Å². The molecule has 0 aromatic heterocycles. The van der Waals surface area contributed by atoms with E-state index in [1.54, 1.807) is 5.54 Å². The number of aryl methyl sites for hydroxylation is 1. The lowest BCUT2D eigenvalue weighted by Gasteiger charge is -2.37. The molecule has 2 nitrogen and oxygen atoms in total. The van der Waals surface area contributed by atoms with Crippen molar-refractivity contribution in [1.29, 1.82) is 0 Å². The Kier molecular flexibility index (Phi) is 7.19. The molecule has 2 saturated carbocycles. The zero-order chi connectivity index (χ0) is 18.4. The molecule has 1 aromatic carbocycles. The molecule has 0 bridgehead atoms. The number of hydrogen-bond donors (Lipinski definition) is 1. The first-order chi connectivity index (χ1) is 12.7. The highest BCUT2D eigenvalue weighted by atomic mass is 35.5. The lowest BCUT2D eigenvalue weighted by molar-refractivity contribution is -0.136. The molecular formula is C23H31ClO2. The van der Waals surface area contributed by atoms with E-state index in [2.05, 4.69) is 30.3 Å². The quantitative estimate of drug-likeness (QED) is 0.614. The van der Waals surface area contributed by atoms with Gasteiger partial charge in [0.15, 0.2) is 0 Å². The first-order valence-corrected chi connectivity index (χ1v) is 10.7. The van der Waals surface area contributed by atoms with Crippen LogP contribution in [-0.2, 0) is 11.2 Å². The molecule has 0 heterocycles. The summed E-state index contributed by atoms with van der Waals surface area (Å²) < 4.78 is 0. The van der Waals surface area contributed by atoms with Crippen LogP contribution in [0, 0.1) is 17.8 Å². The minimum Gasteiger partial charge on any atom is -0.481 e. The molecule has 2 aliphatic carbocycles. The van der Waals surface area contributed by atoms with E-state index in [1.165, 1.54) is 56.9 Å². The number of carboxylic acids is 1. The average Bonchev–Trinajstić information content (AvgIpc) is 2.68. The molecule has 1 N–H and O–H groups in total. The second-order valence-corrected chi connectivity index (χ2v) is 8.49. The van der Waals surface area contributed by atoms with E-state index < -0.39 is 5.97 Å². The zero-order valence-electron chi connectivity index (χ0n) is 15.6. The molecule has 0 radical (unpaired) electrons. The Balaban J connectivity index is 1.45. The van der Waals surface area contributed by atoms with Gasteiger partial charge in [-0.2, -0.15) is 0 Å². The summed E-state index contributed by atoms with van der Waals surface area (Å²) in [5.41, 5.74) is 4.27. The summed E-state index contributed by atoms with van der Waals surface area (Å²) >= 11 is 5.73. The van der Waals surface area contributed by atoms with Crippen LogP contribution in [0.15, 0.2) is 35.9 Å². The van der Waals surface area contributed by atoms with E-state index in [-0.39, 0.29) is 6.42 Å². The van der Waals surface area contributed by atoms with E-state index in [0.29, 0.717) is 18.3 Å². The predicted octanol–water partition coefficient (Wildman–Crippen LogP) is 6.54. The fraction of sp³-hybridized carbons (Fsp3) is 0.609. The molecule has 26 heavy (non-hydrogen) atoms. The van der Waals surface area contributed by atoms with Crippen LogP contribution in [0.5, 0.6) is 0 Å². The minimum atomic E-state index is -0.722. The molecule has 142 valence electrons. The van der Waals surface area contributed by atoms with Crippen molar-refractivity contribution in [3.8, 4) is 0 Å². The Morgan fingerprint density at radius 3 is 2.08 bits per heavy atom. The summed E-state index contributed by atoms with van der Waals surface area (Å²) in [7, 11) is 0. The number of carbonyl (C=O) groups is 1. The molecular weight excluding hydrogens is 344 g/mol. The van der Waals surface area contributed by atoms with E-state index in [4.69, 9.17) is 16.7 Å². The van der Waals surface area contributed by atoms with E-state index in [0.717, 1.165) is 17.4 Å². The molecule has 0 saturated heterocycles. The van der Waals surface area contributed by atoms with Crippen molar-refractivity contribution in [3.63, 3.8) is 0 Å². The fourth-order valence-electron chi connectivity index (χ4n) is 5.04. The van der Waals surface area contributed by atoms with Crippen molar-refractivity contribution in [2.75, 3.05) is 0 Å². The van der Waals surface area contributed by atoms with Crippen LogP contribution in [0.25, 0.3) is 0 Å². The van der Waals surface area contributed by atoms with Gasteiger partial charge in [0.05, 0.1) is 0 Å². The van der Waals surface area contributed by atoms with Crippen molar-refractivity contribution in [3.05, 3.63) is 47.0 Å². The number of rotatable bonds is 6. The molecule has 0 amide bonds. The average molecular weight is 375 g/mol. The van der Waals surface area contributed by atoms with E-state index in [1.807, 2.05) is 0 Å². The van der Waals surface area contributed by atoms with Gasteiger partial charge in [0.25, 0.3) is 0 Å². The number of benzene rings is 1. The maximum atomic E-state index is 10.7. The maximum absolute atomic E-state index is 10.7. The highest BCUT2D eigenvalue weighted by Crippen LogP contribution is 2.44. The molecule has 0 aliphatic heterocycles. The van der Waals surface area contributed by atoms with Gasteiger partial charge in [-0.15, -0.1) is 0 Å². The van der Waals surface area contributed by atoms with Crippen LogP contribution in [0.2, 0.25) is 0 Å². The number of carboxylic acid groups (broad SMARTS) is 1. The van der Waals surface area contributed by atoms with Crippen LogP contribution in [0.4, 0.5) is 0 Å². The molecule has 2 fully saturated rings. The van der Waals surface area contributed by atoms with Gasteiger partial charge in [0, 0.05) is 12.0 Å². The lowest BCUT2D eigenvalue weighted by atomic mass is 9.68. The highest BCUT2D eigenvalue weighted by Gasteiger charge is 2.30. The van der Waals surface area contributed by atoms with Crippen molar-refractivity contribution in [2.24, 2.45) is 17.8 Å². The van der Waals surface area contributed by atoms with Crippen molar-refractivity contribution < 1.29 is 9.90 Å². The molecule has 1 aromatic rings. The van der Waals surface area contributed by atoms with Gasteiger partial charge in [-0.1, -0.05) is 41.9 Å². The van der Waals surface area contributed by atoms with Gasteiger partial charge in [-0.25, -0.2) is 0 Å². The van der Waals surface area contributed by atoms with Crippen LogP contribution in [-0.4, -0.2) is 11.1 Å². The first kappa shape index (κ1) is 19.5. The normalized spacial score (nSPS) is 29.7. The molecule has 0 spiro atoms. The topological polar surface area (TPSA) is 37.3 Å². The molecule has 3 heteroatoms. The molecule has 0 atom stereocenters. The number of aliphatic carboxylic acids is 1. The second-order valence-electron chi connectivity index (χ2n) is 8.24. The van der Waals surface area contributed by atoms with Gasteiger partial charge >= 0.3 is 5.97 Å². The summed E-state index contributed by atoms with van der Waals surface area (Å²) in [6.07, 6.45) is 13.7. The third-order valence-electron chi connectivity index (χ3n) is 6.68. The predicted molar refractivity (Wildman–Crippen MR) is 108 cm³/mol. The second kappa shape index (κ2) is 9.60. The molecule has 0 unspecified atom stereocenters. The zero-order valence-corrected chi connectivity index (χ0v) is 16.3. The van der Waals surface area contributed by atoms with Crippen molar-refractivity contribution in [1.82, 2.24) is 0 Å². The smallest absolute Gasteiger partial charge is 0.303 e. The Bertz CT molecular complexity index is 591. The van der Waals surface area contributed by atoms with Gasteiger partial charge < -0.3 is 5.11 Å². The van der Waals surface area contributed by atoms with Crippen molar-refractivity contribution >= 4 is 17.6 Å². The summed E-state index contributed by atoms with van der Waals surface area (Å²) in [6.45, 7) is 0. The van der Waals surface area contributed by atoms with Crippen LogP contribution < -0.4 is 0 Å².